The lowest BCUT2D eigenvalue weighted by molar-refractivity contribution is 0.596. The van der Waals surface area contributed by atoms with Crippen LogP contribution in [0.15, 0.2) is 265 Å². The minimum Gasteiger partial charge on any atom is -0.455 e. The predicted molar refractivity (Wildman–Crippen MR) is 290 cm³/mol. The summed E-state index contributed by atoms with van der Waals surface area (Å²) in [5.74, 6) is 1.64. The molecule has 0 saturated heterocycles. The third-order valence-electron chi connectivity index (χ3n) is 14.4. The Hall–Kier alpha value is -8.72. The molecule has 0 atom stereocenters. The van der Waals surface area contributed by atoms with Crippen molar-refractivity contribution in [3.63, 3.8) is 0 Å². The molecule has 70 heavy (non-hydrogen) atoms. The van der Waals surface area contributed by atoms with Crippen LogP contribution in [0.3, 0.4) is 0 Å². The van der Waals surface area contributed by atoms with E-state index in [9.17, 15) is 0 Å². The second-order valence-corrected chi connectivity index (χ2v) is 18.3. The topological polar surface area (TPSA) is 16.4 Å². The van der Waals surface area contributed by atoms with Crippen LogP contribution >= 0.6 is 0 Å². The van der Waals surface area contributed by atoms with Gasteiger partial charge in [-0.3, -0.25) is 0 Å². The van der Waals surface area contributed by atoms with Crippen molar-refractivity contribution in [3.8, 4) is 67.2 Å². The first-order valence-corrected chi connectivity index (χ1v) is 23.8. The minimum absolute atomic E-state index is 0.258. The summed E-state index contributed by atoms with van der Waals surface area (Å²) in [6, 6.07) is 88.7. The Morgan fingerprint density at radius 1 is 0.343 bits per heavy atom. The molecule has 2 aliphatic rings. The van der Waals surface area contributed by atoms with Crippen LogP contribution in [-0.2, 0) is 10.8 Å². The lowest BCUT2D eigenvalue weighted by Crippen LogP contribution is -2.29. The van der Waals surface area contributed by atoms with E-state index in [4.69, 9.17) is 12.6 Å². The van der Waals surface area contributed by atoms with Crippen molar-refractivity contribution in [1.82, 2.24) is 0 Å². The second-order valence-electron chi connectivity index (χ2n) is 18.3. The zero-order valence-corrected chi connectivity index (χ0v) is 38.2. The molecule has 0 amide bonds. The number of fused-ring (bicyclic) bond motifs is 6. The summed E-state index contributed by atoms with van der Waals surface area (Å²) >= 11 is 0. The fourth-order valence-electron chi connectivity index (χ4n) is 11.4. The molecule has 0 unspecified atom stereocenters. The maximum atomic E-state index is 8.99. The molecule has 0 saturated carbocycles. The van der Waals surface area contributed by atoms with Gasteiger partial charge in [0.25, 0.3) is 0 Å². The van der Waals surface area contributed by atoms with Crippen molar-refractivity contribution < 1.29 is 12.6 Å². The SMILES string of the molecule is [2H]C([2H])([2H])C1(C([2H])([2H])[2H])c2ccccc2-c2ccc(N(c3ccc(-c4ccccc4)cc3)c3ccc(-c4cccc5c4C(c4ccccc4)(c4ccccc4)c4c-5oc(-c5ccccc5)c4-c4ccccc4)cc3)cc21. The molecular formula is C68H49NO. The first-order chi connectivity index (χ1) is 37.0. The third-order valence-corrected chi connectivity index (χ3v) is 14.4. The fraction of sp³-hybridized carbons (Fsp3) is 0.0588. The molecule has 2 aliphatic carbocycles. The average Bonchev–Trinajstić information content (AvgIpc) is 4.30. The number of hydrogen-bond acceptors (Lipinski definition) is 2. The molecule has 332 valence electrons. The van der Waals surface area contributed by atoms with Crippen LogP contribution in [0.5, 0.6) is 0 Å². The molecular weight excluding hydrogens is 847 g/mol. The zero-order chi connectivity index (χ0) is 51.8. The van der Waals surface area contributed by atoms with Gasteiger partial charge in [0.15, 0.2) is 0 Å². The van der Waals surface area contributed by atoms with Crippen LogP contribution in [0.4, 0.5) is 17.1 Å². The summed E-state index contributed by atoms with van der Waals surface area (Å²) in [5.41, 5.74) is 13.6. The number of rotatable bonds is 9. The van der Waals surface area contributed by atoms with E-state index < -0.39 is 24.5 Å². The van der Waals surface area contributed by atoms with Crippen molar-refractivity contribution in [3.05, 3.63) is 294 Å². The standard InChI is InChI=1S/C68H49NO/c1-67(2)60-34-19-18-31-57(60)58-44-43-55(45-61(58)67)69(53-39-35-47(36-40-53)46-21-8-3-9-22-46)54-41-37-48(38-42-54)56-32-20-33-59-63(56)68(51-27-14-6-15-28-51,52-29-16-7-17-30-52)64-62(49-23-10-4-11-24-49)65(70-66(59)64)50-25-12-5-13-26-50/h3-45H,1-2H3/i1D3,2D3. The maximum absolute atomic E-state index is 8.99. The Bertz CT molecular complexity index is 3870. The summed E-state index contributed by atoms with van der Waals surface area (Å²) in [6.45, 7) is -5.82. The van der Waals surface area contributed by atoms with E-state index in [0.29, 0.717) is 16.8 Å². The number of anilines is 3. The highest BCUT2D eigenvalue weighted by atomic mass is 16.3. The molecule has 10 aromatic carbocycles. The lowest BCUT2D eigenvalue weighted by atomic mass is 9.65. The Kier molecular flexibility index (Phi) is 8.35. The number of furan rings is 1. The van der Waals surface area contributed by atoms with Gasteiger partial charge in [-0.25, -0.2) is 0 Å². The molecule has 2 heteroatoms. The number of benzene rings is 10. The van der Waals surface area contributed by atoms with Crippen molar-refractivity contribution >= 4 is 17.1 Å². The molecule has 1 aromatic heterocycles. The second kappa shape index (κ2) is 16.5. The molecule has 11 aromatic rings. The summed E-state index contributed by atoms with van der Waals surface area (Å²) in [6.07, 6.45) is 0. The van der Waals surface area contributed by atoms with Gasteiger partial charge in [0.1, 0.15) is 11.5 Å². The van der Waals surface area contributed by atoms with Crippen molar-refractivity contribution in [2.45, 2.75) is 24.5 Å². The summed E-state index contributed by atoms with van der Waals surface area (Å²) in [7, 11) is 0. The Balaban J connectivity index is 1.02. The number of nitrogens with zero attached hydrogens (tertiary/aromatic N) is 1. The quantitative estimate of drug-likeness (QED) is 0.143. The highest BCUT2D eigenvalue weighted by Gasteiger charge is 2.52. The van der Waals surface area contributed by atoms with E-state index in [1.54, 1.807) is 18.2 Å². The average molecular weight is 902 g/mol. The van der Waals surface area contributed by atoms with Gasteiger partial charge in [0, 0.05) is 53.0 Å². The molecule has 0 aliphatic heterocycles. The van der Waals surface area contributed by atoms with E-state index >= 15 is 0 Å². The monoisotopic (exact) mass is 901 g/mol. The molecule has 0 fully saturated rings. The largest absolute Gasteiger partial charge is 0.455 e. The molecule has 2 nitrogen and oxygen atoms in total. The zero-order valence-electron chi connectivity index (χ0n) is 44.2. The minimum atomic E-state index is -2.91. The maximum Gasteiger partial charge on any atom is 0.142 e. The van der Waals surface area contributed by atoms with Crippen LogP contribution in [0.2, 0.25) is 0 Å². The van der Waals surface area contributed by atoms with E-state index in [2.05, 4.69) is 199 Å². The van der Waals surface area contributed by atoms with Gasteiger partial charge in [0.2, 0.25) is 0 Å². The molecule has 0 bridgehead atoms. The normalized spacial score (nSPS) is 15.1. The summed E-state index contributed by atoms with van der Waals surface area (Å²) in [5, 5.41) is 0. The highest BCUT2D eigenvalue weighted by Crippen LogP contribution is 2.63. The van der Waals surface area contributed by atoms with Crippen LogP contribution in [0, 0.1) is 0 Å². The Labute approximate surface area is 418 Å². The molecule has 13 rings (SSSR count). The predicted octanol–water partition coefficient (Wildman–Crippen LogP) is 18.1. The van der Waals surface area contributed by atoms with Gasteiger partial charge < -0.3 is 9.32 Å². The first kappa shape index (κ1) is 35.4. The third kappa shape index (κ3) is 6.41. The molecule has 0 spiro atoms. The van der Waals surface area contributed by atoms with Crippen molar-refractivity contribution in [1.29, 1.82) is 0 Å². The van der Waals surface area contributed by atoms with Gasteiger partial charge in [-0.05, 0) is 103 Å². The van der Waals surface area contributed by atoms with Crippen LogP contribution < -0.4 is 4.90 Å². The smallest absolute Gasteiger partial charge is 0.142 e. The van der Waals surface area contributed by atoms with Crippen molar-refractivity contribution in [2.24, 2.45) is 0 Å². The summed E-state index contributed by atoms with van der Waals surface area (Å²) < 4.78 is 61.3. The lowest BCUT2D eigenvalue weighted by Gasteiger charge is -2.35. The summed E-state index contributed by atoms with van der Waals surface area (Å²) in [4.78, 5) is 2.09. The van der Waals surface area contributed by atoms with E-state index in [1.807, 2.05) is 48.5 Å². The van der Waals surface area contributed by atoms with Gasteiger partial charge in [-0.15, -0.1) is 0 Å². The van der Waals surface area contributed by atoms with Crippen molar-refractivity contribution in [2.75, 3.05) is 4.90 Å². The van der Waals surface area contributed by atoms with Gasteiger partial charge in [-0.1, -0.05) is 238 Å². The van der Waals surface area contributed by atoms with Crippen LogP contribution in [-0.4, -0.2) is 0 Å². The molecule has 0 N–H and O–H groups in total. The van der Waals surface area contributed by atoms with E-state index in [1.165, 1.54) is 0 Å². The molecule has 1 heterocycles. The van der Waals surface area contributed by atoms with Crippen LogP contribution in [0.25, 0.3) is 67.2 Å². The van der Waals surface area contributed by atoms with Gasteiger partial charge in [-0.2, -0.15) is 0 Å². The highest BCUT2D eigenvalue weighted by molar-refractivity contribution is 5.99. The first-order valence-electron chi connectivity index (χ1n) is 26.8. The Morgan fingerprint density at radius 3 is 1.43 bits per heavy atom. The fourth-order valence-corrected chi connectivity index (χ4v) is 11.4. The Morgan fingerprint density at radius 2 is 0.814 bits per heavy atom. The molecule has 0 radical (unpaired) electrons. The van der Waals surface area contributed by atoms with Crippen LogP contribution in [0.1, 0.15) is 55.3 Å². The van der Waals surface area contributed by atoms with E-state index in [-0.39, 0.29) is 11.1 Å². The van der Waals surface area contributed by atoms with Gasteiger partial charge in [0.05, 0.1) is 5.41 Å². The van der Waals surface area contributed by atoms with Gasteiger partial charge >= 0.3 is 0 Å². The van der Waals surface area contributed by atoms with E-state index in [0.717, 1.165) is 89.7 Å². The number of hydrogen-bond donors (Lipinski definition) is 0.